The Balaban J connectivity index is 1.60. The smallest absolute Gasteiger partial charge is 0.263 e. The predicted molar refractivity (Wildman–Crippen MR) is 122 cm³/mol. The predicted octanol–water partition coefficient (Wildman–Crippen LogP) is 5.20. The third-order valence-corrected chi connectivity index (χ3v) is 5.17. The minimum Gasteiger partial charge on any atom is -0.507 e. The van der Waals surface area contributed by atoms with Crippen LogP contribution in [0.1, 0.15) is 15.9 Å². The van der Waals surface area contributed by atoms with E-state index in [1.165, 1.54) is 12.1 Å². The Morgan fingerprint density at radius 1 is 1.09 bits per heavy atom. The summed E-state index contributed by atoms with van der Waals surface area (Å²) in [7, 11) is 0.813. The standard InChI is InChI=1S/C23H15F4N3O4S/c1-9-7-10(8-11(19(9)31)22-29-12-5-3-4-6-13(12)34-22)28-23(35)30-21(32)14-15(24)17(26)20(33-2)18(27)16(14)25/h3-8,31H,1-2H3,(H2,28,30,32,35). The van der Waals surface area contributed by atoms with Crippen LogP contribution < -0.4 is 15.4 Å². The van der Waals surface area contributed by atoms with Gasteiger partial charge in [-0.05, 0) is 49.0 Å². The molecule has 3 N–H and O–H groups in total. The first-order valence-electron chi connectivity index (χ1n) is 9.84. The highest BCUT2D eigenvalue weighted by Crippen LogP contribution is 2.36. The van der Waals surface area contributed by atoms with Crippen molar-refractivity contribution in [2.75, 3.05) is 12.4 Å². The summed E-state index contributed by atoms with van der Waals surface area (Å²) in [5.41, 5.74) is 0.370. The number of methoxy groups -OCH3 is 1. The summed E-state index contributed by atoms with van der Waals surface area (Å²) in [5.74, 6) is -10.5. The van der Waals surface area contributed by atoms with Gasteiger partial charge in [0, 0.05) is 5.69 Å². The number of oxazole rings is 1. The maximum atomic E-state index is 14.2. The Morgan fingerprint density at radius 2 is 1.74 bits per heavy atom. The summed E-state index contributed by atoms with van der Waals surface area (Å²) < 4.78 is 66.3. The van der Waals surface area contributed by atoms with Crippen LogP contribution in [-0.4, -0.2) is 28.2 Å². The minimum atomic E-state index is -1.94. The molecule has 0 bridgehead atoms. The molecule has 1 heterocycles. The summed E-state index contributed by atoms with van der Waals surface area (Å²) >= 11 is 5.00. The number of nitrogens with zero attached hydrogens (tertiary/aromatic N) is 1. The monoisotopic (exact) mass is 505 g/mol. The van der Waals surface area contributed by atoms with Crippen molar-refractivity contribution >= 4 is 40.0 Å². The van der Waals surface area contributed by atoms with E-state index in [2.05, 4.69) is 15.0 Å². The average molecular weight is 505 g/mol. The van der Waals surface area contributed by atoms with Crippen LogP contribution in [0.5, 0.6) is 11.5 Å². The molecule has 180 valence electrons. The molecule has 0 saturated heterocycles. The van der Waals surface area contributed by atoms with Gasteiger partial charge in [-0.2, -0.15) is 8.78 Å². The number of halogens is 4. The molecule has 3 aromatic carbocycles. The van der Waals surface area contributed by atoms with Crippen molar-refractivity contribution in [1.82, 2.24) is 10.3 Å². The molecule has 0 fully saturated rings. The number of hydrogen-bond acceptors (Lipinski definition) is 6. The van der Waals surface area contributed by atoms with Crippen molar-refractivity contribution < 1.29 is 36.6 Å². The van der Waals surface area contributed by atoms with E-state index in [4.69, 9.17) is 16.6 Å². The van der Waals surface area contributed by atoms with Crippen LogP contribution in [0.15, 0.2) is 40.8 Å². The van der Waals surface area contributed by atoms with Crippen LogP contribution in [0.25, 0.3) is 22.6 Å². The van der Waals surface area contributed by atoms with Crippen molar-refractivity contribution in [3.05, 3.63) is 70.8 Å². The van der Waals surface area contributed by atoms with Gasteiger partial charge < -0.3 is 19.6 Å². The fraction of sp³-hybridized carbons (Fsp3) is 0.0870. The Labute approximate surface area is 200 Å². The molecule has 0 spiro atoms. The number of rotatable bonds is 4. The minimum absolute atomic E-state index is 0.110. The molecule has 12 heteroatoms. The molecule has 0 aliphatic rings. The number of anilines is 1. The second-order valence-corrected chi connectivity index (χ2v) is 7.66. The van der Waals surface area contributed by atoms with Crippen LogP contribution >= 0.6 is 12.2 Å². The first-order valence-corrected chi connectivity index (χ1v) is 10.2. The second kappa shape index (κ2) is 9.22. The molecule has 1 amide bonds. The van der Waals surface area contributed by atoms with Gasteiger partial charge in [-0.15, -0.1) is 0 Å². The largest absolute Gasteiger partial charge is 0.507 e. The van der Waals surface area contributed by atoms with Gasteiger partial charge in [0.25, 0.3) is 5.91 Å². The number of phenolic OH excluding ortho intramolecular Hbond substituents is 1. The third-order valence-electron chi connectivity index (χ3n) is 4.96. The summed E-state index contributed by atoms with van der Waals surface area (Å²) in [6.45, 7) is 1.59. The number of aryl methyl sites for hydroxylation is 1. The summed E-state index contributed by atoms with van der Waals surface area (Å²) in [4.78, 5) is 16.7. The number of phenols is 1. The molecule has 7 nitrogen and oxygen atoms in total. The molecule has 4 aromatic rings. The maximum Gasteiger partial charge on any atom is 0.263 e. The molecule has 0 unspecified atom stereocenters. The van der Waals surface area contributed by atoms with Gasteiger partial charge in [0.2, 0.25) is 17.5 Å². The van der Waals surface area contributed by atoms with Crippen LogP contribution in [0.2, 0.25) is 0 Å². The molecule has 0 aliphatic heterocycles. The van der Waals surface area contributed by atoms with Crippen LogP contribution in [0.3, 0.4) is 0 Å². The van der Waals surface area contributed by atoms with E-state index in [-0.39, 0.29) is 22.9 Å². The van der Waals surface area contributed by atoms with Gasteiger partial charge in [0.1, 0.15) is 16.8 Å². The van der Waals surface area contributed by atoms with Crippen molar-refractivity contribution in [3.63, 3.8) is 0 Å². The summed E-state index contributed by atoms with van der Waals surface area (Å²) in [5, 5.41) is 14.6. The number of fused-ring (bicyclic) bond motifs is 1. The molecule has 0 saturated carbocycles. The van der Waals surface area contributed by atoms with E-state index in [1.54, 1.807) is 31.2 Å². The Kier molecular flexibility index (Phi) is 6.31. The number of aromatic hydroxyl groups is 1. The highest BCUT2D eigenvalue weighted by atomic mass is 32.1. The lowest BCUT2D eigenvalue weighted by Gasteiger charge is -2.14. The Hall–Kier alpha value is -4.19. The van der Waals surface area contributed by atoms with Crippen molar-refractivity contribution in [1.29, 1.82) is 0 Å². The van der Waals surface area contributed by atoms with E-state index in [0.717, 1.165) is 7.11 Å². The van der Waals surface area contributed by atoms with Gasteiger partial charge in [-0.25, -0.2) is 13.8 Å². The SMILES string of the molecule is COc1c(F)c(F)c(C(=O)NC(=S)Nc2cc(C)c(O)c(-c3nc4ccccc4o3)c2)c(F)c1F. The number of thiocarbonyl (C=S) groups is 1. The molecular weight excluding hydrogens is 490 g/mol. The second-order valence-electron chi connectivity index (χ2n) is 7.25. The summed E-state index contributed by atoms with van der Waals surface area (Å²) in [6.07, 6.45) is 0. The lowest BCUT2D eigenvalue weighted by molar-refractivity contribution is 0.0966. The highest BCUT2D eigenvalue weighted by Gasteiger charge is 2.30. The highest BCUT2D eigenvalue weighted by molar-refractivity contribution is 7.80. The average Bonchev–Trinajstić information content (AvgIpc) is 3.24. The molecular formula is C23H15F4N3O4S. The van der Waals surface area contributed by atoms with Crippen molar-refractivity contribution in [2.24, 2.45) is 0 Å². The number of carbonyl (C=O) groups is 1. The number of hydrogen-bond donors (Lipinski definition) is 3. The normalized spacial score (nSPS) is 10.9. The number of amides is 1. The van der Waals surface area contributed by atoms with Crippen LogP contribution in [0.4, 0.5) is 23.2 Å². The van der Waals surface area contributed by atoms with E-state index in [0.29, 0.717) is 16.7 Å². The number of nitrogens with one attached hydrogen (secondary N) is 2. The number of benzene rings is 3. The number of aromatic nitrogens is 1. The van der Waals surface area contributed by atoms with Crippen molar-refractivity contribution in [2.45, 2.75) is 6.92 Å². The first kappa shape index (κ1) is 24.0. The molecule has 0 atom stereocenters. The molecule has 1 aromatic heterocycles. The Morgan fingerprint density at radius 3 is 2.37 bits per heavy atom. The topological polar surface area (TPSA) is 96.6 Å². The van der Waals surface area contributed by atoms with Crippen LogP contribution in [-0.2, 0) is 0 Å². The zero-order valence-electron chi connectivity index (χ0n) is 18.0. The summed E-state index contributed by atoms with van der Waals surface area (Å²) in [6, 6.07) is 9.83. The lowest BCUT2D eigenvalue weighted by Crippen LogP contribution is -2.35. The zero-order valence-corrected chi connectivity index (χ0v) is 18.8. The van der Waals surface area contributed by atoms with Crippen LogP contribution in [0, 0.1) is 30.2 Å². The van der Waals surface area contributed by atoms with Gasteiger partial charge >= 0.3 is 0 Å². The third kappa shape index (κ3) is 4.35. The van der Waals surface area contributed by atoms with Gasteiger partial charge in [0.05, 0.1) is 12.7 Å². The molecule has 35 heavy (non-hydrogen) atoms. The molecule has 0 radical (unpaired) electrons. The lowest BCUT2D eigenvalue weighted by atomic mass is 10.1. The first-order chi connectivity index (χ1) is 16.6. The molecule has 4 rings (SSSR count). The van der Waals surface area contributed by atoms with Gasteiger partial charge in [-0.1, -0.05) is 12.1 Å². The molecule has 0 aliphatic carbocycles. The van der Waals surface area contributed by atoms with E-state index < -0.39 is 45.6 Å². The maximum absolute atomic E-state index is 14.2. The van der Waals surface area contributed by atoms with E-state index >= 15 is 0 Å². The van der Waals surface area contributed by atoms with E-state index in [1.807, 2.05) is 5.32 Å². The number of ether oxygens (including phenoxy) is 1. The van der Waals surface area contributed by atoms with Gasteiger partial charge in [-0.3, -0.25) is 10.1 Å². The zero-order chi connectivity index (χ0) is 25.4. The fourth-order valence-corrected chi connectivity index (χ4v) is 3.53. The number of para-hydroxylation sites is 2. The fourth-order valence-electron chi connectivity index (χ4n) is 3.32. The number of carbonyl (C=O) groups excluding carboxylic acids is 1. The van der Waals surface area contributed by atoms with Gasteiger partial charge in [0.15, 0.2) is 28.1 Å². The Bertz CT molecular complexity index is 1440. The van der Waals surface area contributed by atoms with Crippen molar-refractivity contribution in [3.8, 4) is 23.0 Å². The van der Waals surface area contributed by atoms with E-state index in [9.17, 15) is 27.5 Å². The quantitative estimate of drug-likeness (QED) is 0.152.